The molecule has 1 N–H and O–H groups in total. The molecule has 0 fully saturated rings. The lowest BCUT2D eigenvalue weighted by Gasteiger charge is -2.08. The van der Waals surface area contributed by atoms with Crippen LogP contribution in [-0.4, -0.2) is 36.4 Å². The summed E-state index contributed by atoms with van der Waals surface area (Å²) in [6.07, 6.45) is 0. The SMILES string of the molecule is COc1cccc(C(=O)NCCOc2ccc(-c3ccccc3)nn2)c1. The summed E-state index contributed by atoms with van der Waals surface area (Å²) in [4.78, 5) is 12.1. The first-order valence-electron chi connectivity index (χ1n) is 8.20. The summed E-state index contributed by atoms with van der Waals surface area (Å²) in [5.74, 6) is 0.876. The molecule has 26 heavy (non-hydrogen) atoms. The fourth-order valence-electron chi connectivity index (χ4n) is 2.35. The molecule has 6 heteroatoms. The van der Waals surface area contributed by atoms with Crippen LogP contribution < -0.4 is 14.8 Å². The van der Waals surface area contributed by atoms with Gasteiger partial charge in [-0.2, -0.15) is 0 Å². The summed E-state index contributed by atoms with van der Waals surface area (Å²) < 4.78 is 10.6. The van der Waals surface area contributed by atoms with Crippen LogP contribution in [-0.2, 0) is 0 Å². The maximum absolute atomic E-state index is 12.1. The number of rotatable bonds is 7. The lowest BCUT2D eigenvalue weighted by molar-refractivity contribution is 0.0946. The molecular weight excluding hydrogens is 330 g/mol. The van der Waals surface area contributed by atoms with Crippen LogP contribution in [0.25, 0.3) is 11.3 Å². The third-order valence-corrected chi connectivity index (χ3v) is 3.68. The second-order valence-electron chi connectivity index (χ2n) is 5.46. The standard InChI is InChI=1S/C20H19N3O3/c1-25-17-9-5-8-16(14-17)20(24)21-12-13-26-19-11-10-18(22-23-19)15-6-3-2-4-7-15/h2-11,14H,12-13H2,1H3,(H,21,24). The number of ether oxygens (including phenoxy) is 2. The molecule has 0 spiro atoms. The molecule has 1 amide bonds. The summed E-state index contributed by atoms with van der Waals surface area (Å²) in [5, 5.41) is 11.0. The van der Waals surface area contributed by atoms with Crippen molar-refractivity contribution >= 4 is 5.91 Å². The first-order chi connectivity index (χ1) is 12.8. The molecule has 0 radical (unpaired) electrons. The summed E-state index contributed by atoms with van der Waals surface area (Å²) in [5.41, 5.74) is 2.32. The molecule has 3 rings (SSSR count). The molecule has 0 unspecified atom stereocenters. The Kier molecular flexibility index (Phi) is 5.77. The van der Waals surface area contributed by atoms with E-state index in [2.05, 4.69) is 15.5 Å². The molecule has 1 aromatic heterocycles. The Morgan fingerprint density at radius 1 is 1.00 bits per heavy atom. The van der Waals surface area contributed by atoms with Gasteiger partial charge in [-0.15, -0.1) is 10.2 Å². The summed E-state index contributed by atoms with van der Waals surface area (Å²) in [6, 6.07) is 20.4. The van der Waals surface area contributed by atoms with E-state index >= 15 is 0 Å². The quantitative estimate of drug-likeness (QED) is 0.664. The lowest BCUT2D eigenvalue weighted by atomic mass is 10.1. The maximum Gasteiger partial charge on any atom is 0.251 e. The van der Waals surface area contributed by atoms with E-state index in [0.29, 0.717) is 30.3 Å². The molecule has 132 valence electrons. The second-order valence-corrected chi connectivity index (χ2v) is 5.46. The van der Waals surface area contributed by atoms with Crippen molar-refractivity contribution in [2.75, 3.05) is 20.3 Å². The summed E-state index contributed by atoms with van der Waals surface area (Å²) >= 11 is 0. The Labute approximate surface area is 151 Å². The summed E-state index contributed by atoms with van der Waals surface area (Å²) in [7, 11) is 1.56. The van der Waals surface area contributed by atoms with Gasteiger partial charge >= 0.3 is 0 Å². The molecule has 0 aliphatic rings. The average molecular weight is 349 g/mol. The minimum Gasteiger partial charge on any atom is -0.497 e. The number of hydrogen-bond donors (Lipinski definition) is 1. The monoisotopic (exact) mass is 349 g/mol. The molecule has 0 bridgehead atoms. The van der Waals surface area contributed by atoms with Gasteiger partial charge in [0.25, 0.3) is 5.91 Å². The first-order valence-corrected chi connectivity index (χ1v) is 8.20. The number of nitrogens with one attached hydrogen (secondary N) is 1. The molecule has 0 aliphatic carbocycles. The summed E-state index contributed by atoms with van der Waals surface area (Å²) in [6.45, 7) is 0.660. The smallest absolute Gasteiger partial charge is 0.251 e. The fraction of sp³-hybridized carbons (Fsp3) is 0.150. The third kappa shape index (κ3) is 4.57. The van der Waals surface area contributed by atoms with Crippen molar-refractivity contribution in [2.24, 2.45) is 0 Å². The van der Waals surface area contributed by atoms with Crippen LogP contribution in [0.5, 0.6) is 11.6 Å². The van der Waals surface area contributed by atoms with Crippen molar-refractivity contribution in [3.63, 3.8) is 0 Å². The van der Waals surface area contributed by atoms with Gasteiger partial charge in [-0.25, -0.2) is 0 Å². The second kappa shape index (κ2) is 8.62. The van der Waals surface area contributed by atoms with E-state index in [-0.39, 0.29) is 5.91 Å². The zero-order valence-electron chi connectivity index (χ0n) is 14.4. The Balaban J connectivity index is 1.47. The van der Waals surface area contributed by atoms with Crippen LogP contribution in [0.2, 0.25) is 0 Å². The Hall–Kier alpha value is -3.41. The lowest BCUT2D eigenvalue weighted by Crippen LogP contribution is -2.28. The van der Waals surface area contributed by atoms with E-state index in [0.717, 1.165) is 11.3 Å². The highest BCUT2D eigenvalue weighted by atomic mass is 16.5. The Morgan fingerprint density at radius 3 is 2.58 bits per heavy atom. The number of benzene rings is 2. The minimum atomic E-state index is -0.182. The van der Waals surface area contributed by atoms with Crippen molar-refractivity contribution in [1.82, 2.24) is 15.5 Å². The first kappa shape index (κ1) is 17.4. The van der Waals surface area contributed by atoms with Gasteiger partial charge in [0.1, 0.15) is 12.4 Å². The molecule has 0 aliphatic heterocycles. The number of amides is 1. The number of carbonyl (C=O) groups is 1. The van der Waals surface area contributed by atoms with Gasteiger partial charge in [0.2, 0.25) is 5.88 Å². The normalized spacial score (nSPS) is 10.2. The molecule has 2 aromatic carbocycles. The van der Waals surface area contributed by atoms with E-state index in [1.165, 1.54) is 0 Å². The van der Waals surface area contributed by atoms with Crippen LogP contribution in [0.1, 0.15) is 10.4 Å². The third-order valence-electron chi connectivity index (χ3n) is 3.68. The van der Waals surface area contributed by atoms with Crippen LogP contribution in [0.15, 0.2) is 66.7 Å². The van der Waals surface area contributed by atoms with Gasteiger partial charge < -0.3 is 14.8 Å². The highest BCUT2D eigenvalue weighted by Crippen LogP contribution is 2.17. The average Bonchev–Trinajstić information content (AvgIpc) is 2.72. The topological polar surface area (TPSA) is 73.3 Å². The number of hydrogen-bond acceptors (Lipinski definition) is 5. The molecule has 1 heterocycles. The molecular formula is C20H19N3O3. The van der Waals surface area contributed by atoms with Crippen LogP contribution >= 0.6 is 0 Å². The van der Waals surface area contributed by atoms with Gasteiger partial charge in [0.15, 0.2) is 0 Å². The number of aromatic nitrogens is 2. The Morgan fingerprint density at radius 2 is 1.85 bits per heavy atom. The number of methoxy groups -OCH3 is 1. The predicted molar refractivity (Wildman–Crippen MR) is 98.3 cm³/mol. The molecule has 0 atom stereocenters. The van der Waals surface area contributed by atoms with Gasteiger partial charge in [-0.05, 0) is 24.3 Å². The van der Waals surface area contributed by atoms with Crippen LogP contribution in [0, 0.1) is 0 Å². The van der Waals surface area contributed by atoms with Crippen molar-refractivity contribution in [3.8, 4) is 22.9 Å². The van der Waals surface area contributed by atoms with Crippen LogP contribution in [0.3, 0.4) is 0 Å². The van der Waals surface area contributed by atoms with E-state index in [4.69, 9.17) is 9.47 Å². The maximum atomic E-state index is 12.1. The van der Waals surface area contributed by atoms with E-state index in [9.17, 15) is 4.79 Å². The zero-order chi connectivity index (χ0) is 18.2. The van der Waals surface area contributed by atoms with Crippen molar-refractivity contribution in [2.45, 2.75) is 0 Å². The Bertz CT molecular complexity index is 852. The molecule has 0 saturated carbocycles. The van der Waals surface area contributed by atoms with Gasteiger partial charge in [0.05, 0.1) is 19.3 Å². The predicted octanol–water partition coefficient (Wildman–Crippen LogP) is 2.96. The van der Waals surface area contributed by atoms with Crippen molar-refractivity contribution in [3.05, 3.63) is 72.3 Å². The molecule has 3 aromatic rings. The van der Waals surface area contributed by atoms with Crippen LogP contribution in [0.4, 0.5) is 0 Å². The number of carbonyl (C=O) groups excluding carboxylic acids is 1. The highest BCUT2D eigenvalue weighted by molar-refractivity contribution is 5.94. The minimum absolute atomic E-state index is 0.182. The molecule has 0 saturated heterocycles. The van der Waals surface area contributed by atoms with Crippen molar-refractivity contribution < 1.29 is 14.3 Å². The largest absolute Gasteiger partial charge is 0.497 e. The zero-order valence-corrected chi connectivity index (χ0v) is 14.4. The van der Waals surface area contributed by atoms with E-state index < -0.39 is 0 Å². The van der Waals surface area contributed by atoms with Gasteiger partial charge in [-0.1, -0.05) is 36.4 Å². The highest BCUT2D eigenvalue weighted by Gasteiger charge is 2.06. The van der Waals surface area contributed by atoms with Gasteiger partial charge in [-0.3, -0.25) is 4.79 Å². The number of nitrogens with zero attached hydrogens (tertiary/aromatic N) is 2. The molecule has 6 nitrogen and oxygen atoms in total. The fourth-order valence-corrected chi connectivity index (χ4v) is 2.35. The van der Waals surface area contributed by atoms with Gasteiger partial charge in [0, 0.05) is 17.2 Å². The van der Waals surface area contributed by atoms with E-state index in [1.807, 2.05) is 36.4 Å². The van der Waals surface area contributed by atoms with Crippen molar-refractivity contribution in [1.29, 1.82) is 0 Å². The van der Waals surface area contributed by atoms with E-state index in [1.54, 1.807) is 37.4 Å².